The zero-order chi connectivity index (χ0) is 20.7. The highest BCUT2D eigenvalue weighted by molar-refractivity contribution is 5.93. The number of carbonyl (C=O) groups excluding carboxylic acids is 2. The minimum Gasteiger partial charge on any atom is -0.459 e. The summed E-state index contributed by atoms with van der Waals surface area (Å²) < 4.78 is 5.25. The van der Waals surface area contributed by atoms with Gasteiger partial charge in [-0.2, -0.15) is 0 Å². The molecule has 1 aromatic heterocycles. The number of piperidine rings is 1. The Labute approximate surface area is 176 Å². The molecule has 162 valence electrons. The van der Waals surface area contributed by atoms with Crippen molar-refractivity contribution in [3.63, 3.8) is 0 Å². The van der Waals surface area contributed by atoms with E-state index in [9.17, 15) is 9.59 Å². The molecule has 4 aliphatic rings. The molecular formula is C21H29N5O4. The number of amidine groups is 1. The molecule has 0 saturated carbocycles. The lowest BCUT2D eigenvalue weighted by molar-refractivity contribution is -0.138. The van der Waals surface area contributed by atoms with Gasteiger partial charge in [0.15, 0.2) is 17.7 Å². The third-order valence-corrected chi connectivity index (χ3v) is 6.88. The number of hydrogen-bond donors (Lipinski definition) is 0. The fourth-order valence-electron chi connectivity index (χ4n) is 4.97. The average Bonchev–Trinajstić information content (AvgIpc) is 3.51. The van der Waals surface area contributed by atoms with Gasteiger partial charge in [0.2, 0.25) is 5.91 Å². The predicted octanol–water partition coefficient (Wildman–Crippen LogP) is 0.550. The van der Waals surface area contributed by atoms with Gasteiger partial charge in [-0.3, -0.25) is 9.59 Å². The number of piperazine rings is 1. The first-order chi connectivity index (χ1) is 14.6. The highest BCUT2D eigenvalue weighted by Gasteiger charge is 2.47. The van der Waals surface area contributed by atoms with E-state index in [4.69, 9.17) is 9.25 Å². The summed E-state index contributed by atoms with van der Waals surface area (Å²) in [6.45, 7) is 6.30. The Morgan fingerprint density at radius 1 is 1.03 bits per heavy atom. The Balaban J connectivity index is 1.15. The van der Waals surface area contributed by atoms with E-state index in [0.717, 1.165) is 57.9 Å². The molecule has 1 aromatic rings. The van der Waals surface area contributed by atoms with E-state index in [0.29, 0.717) is 24.8 Å². The second kappa shape index (κ2) is 7.94. The molecule has 5 rings (SSSR count). The first kappa shape index (κ1) is 19.4. The number of nitrogens with zero attached hydrogens (tertiary/aromatic N) is 5. The standard InChI is InChI=1S/C21H29N5O4/c1-23-8-10-25(11-9-23)20(27)15-4-6-24(7-5-15)19-16-13-26(14-18(16)30-22-19)21(28)17-3-2-12-29-17/h2-3,12,15-16,18H,4-11,13-14H2,1H3/t16-,18+/m1/s1. The SMILES string of the molecule is CN1CCN(C(=O)C2CCN(C3=NO[C@H]4CN(C(=O)c5ccco5)C[C@@H]34)CC2)CC1. The Morgan fingerprint density at radius 3 is 2.50 bits per heavy atom. The maximum absolute atomic E-state index is 12.9. The van der Waals surface area contributed by atoms with Crippen LogP contribution < -0.4 is 0 Å². The van der Waals surface area contributed by atoms with Crippen LogP contribution in [-0.4, -0.2) is 103 Å². The quantitative estimate of drug-likeness (QED) is 0.702. The predicted molar refractivity (Wildman–Crippen MR) is 109 cm³/mol. The zero-order valence-corrected chi connectivity index (χ0v) is 17.4. The number of carbonyl (C=O) groups is 2. The maximum Gasteiger partial charge on any atom is 0.289 e. The van der Waals surface area contributed by atoms with Crippen LogP contribution in [0.25, 0.3) is 0 Å². The molecule has 0 aromatic carbocycles. The van der Waals surface area contributed by atoms with Crippen LogP contribution in [0.5, 0.6) is 0 Å². The summed E-state index contributed by atoms with van der Waals surface area (Å²) in [4.78, 5) is 39.5. The molecule has 0 N–H and O–H groups in total. The molecule has 30 heavy (non-hydrogen) atoms. The van der Waals surface area contributed by atoms with Gasteiger partial charge in [0.25, 0.3) is 5.91 Å². The molecule has 0 aliphatic carbocycles. The van der Waals surface area contributed by atoms with Crippen molar-refractivity contribution in [3.05, 3.63) is 24.2 Å². The topological polar surface area (TPSA) is 81.8 Å². The van der Waals surface area contributed by atoms with Gasteiger partial charge in [-0.1, -0.05) is 5.16 Å². The van der Waals surface area contributed by atoms with Crippen LogP contribution in [0.3, 0.4) is 0 Å². The largest absolute Gasteiger partial charge is 0.459 e. The van der Waals surface area contributed by atoms with Crippen molar-refractivity contribution in [3.8, 4) is 0 Å². The van der Waals surface area contributed by atoms with Gasteiger partial charge in [0.05, 0.1) is 18.7 Å². The van der Waals surface area contributed by atoms with Crippen LogP contribution in [-0.2, 0) is 9.63 Å². The number of likely N-dealkylation sites (tertiary alicyclic amines) is 2. The molecule has 4 aliphatic heterocycles. The first-order valence-electron chi connectivity index (χ1n) is 10.9. The Morgan fingerprint density at radius 2 is 1.80 bits per heavy atom. The number of hydrogen-bond acceptors (Lipinski definition) is 7. The molecule has 9 nitrogen and oxygen atoms in total. The van der Waals surface area contributed by atoms with Gasteiger partial charge in [-0.05, 0) is 32.0 Å². The summed E-state index contributed by atoms with van der Waals surface area (Å²) in [6, 6.07) is 3.41. The molecule has 0 bridgehead atoms. The molecule has 5 heterocycles. The van der Waals surface area contributed by atoms with E-state index in [1.54, 1.807) is 17.0 Å². The number of furan rings is 1. The zero-order valence-electron chi connectivity index (χ0n) is 17.4. The lowest BCUT2D eigenvalue weighted by atomic mass is 9.93. The van der Waals surface area contributed by atoms with E-state index in [-0.39, 0.29) is 23.8 Å². The Hall–Kier alpha value is -2.55. The maximum atomic E-state index is 12.9. The highest BCUT2D eigenvalue weighted by Crippen LogP contribution is 2.32. The van der Waals surface area contributed by atoms with Crippen molar-refractivity contribution in [1.29, 1.82) is 0 Å². The fraction of sp³-hybridized carbons (Fsp3) is 0.667. The van der Waals surface area contributed by atoms with Crippen molar-refractivity contribution >= 4 is 17.6 Å². The summed E-state index contributed by atoms with van der Waals surface area (Å²) in [5.41, 5.74) is 0. The molecule has 3 saturated heterocycles. The average molecular weight is 415 g/mol. The highest BCUT2D eigenvalue weighted by atomic mass is 16.6. The normalized spacial score (nSPS) is 27.8. The summed E-state index contributed by atoms with van der Waals surface area (Å²) in [5.74, 6) is 1.69. The van der Waals surface area contributed by atoms with Crippen molar-refractivity contribution in [2.75, 3.05) is 59.4 Å². The smallest absolute Gasteiger partial charge is 0.289 e. The molecule has 3 fully saturated rings. The van der Waals surface area contributed by atoms with Gasteiger partial charge in [-0.25, -0.2) is 0 Å². The lowest BCUT2D eigenvalue weighted by Gasteiger charge is -2.38. The second-order valence-electron chi connectivity index (χ2n) is 8.78. The van der Waals surface area contributed by atoms with E-state index < -0.39 is 0 Å². The van der Waals surface area contributed by atoms with Crippen molar-refractivity contribution in [2.45, 2.75) is 18.9 Å². The Bertz CT molecular complexity index is 809. The van der Waals surface area contributed by atoms with Crippen molar-refractivity contribution in [1.82, 2.24) is 19.6 Å². The van der Waals surface area contributed by atoms with Crippen molar-refractivity contribution in [2.24, 2.45) is 17.0 Å². The van der Waals surface area contributed by atoms with Gasteiger partial charge in [-0.15, -0.1) is 0 Å². The van der Waals surface area contributed by atoms with E-state index in [1.165, 1.54) is 6.26 Å². The third kappa shape index (κ3) is 3.55. The molecular weight excluding hydrogens is 386 g/mol. The molecule has 2 amide bonds. The van der Waals surface area contributed by atoms with Gasteiger partial charge >= 0.3 is 0 Å². The van der Waals surface area contributed by atoms with Crippen LogP contribution in [0.1, 0.15) is 23.4 Å². The summed E-state index contributed by atoms with van der Waals surface area (Å²) in [7, 11) is 2.10. The van der Waals surface area contributed by atoms with Gasteiger partial charge in [0, 0.05) is 51.7 Å². The van der Waals surface area contributed by atoms with E-state index >= 15 is 0 Å². The number of likely N-dealkylation sites (N-methyl/N-ethyl adjacent to an activating group) is 1. The fourth-order valence-corrected chi connectivity index (χ4v) is 4.97. The lowest BCUT2D eigenvalue weighted by Crippen LogP contribution is -2.51. The number of amides is 2. The minimum atomic E-state index is -0.103. The van der Waals surface area contributed by atoms with E-state index in [1.807, 2.05) is 4.90 Å². The number of oxime groups is 1. The third-order valence-electron chi connectivity index (χ3n) is 6.88. The second-order valence-corrected chi connectivity index (χ2v) is 8.78. The summed E-state index contributed by atoms with van der Waals surface area (Å²) >= 11 is 0. The van der Waals surface area contributed by atoms with Gasteiger partial charge < -0.3 is 28.9 Å². The van der Waals surface area contributed by atoms with Crippen LogP contribution in [0.4, 0.5) is 0 Å². The molecule has 2 atom stereocenters. The Kier molecular flexibility index (Phi) is 5.14. The molecule has 9 heteroatoms. The minimum absolute atomic E-state index is 0.0915. The van der Waals surface area contributed by atoms with Gasteiger partial charge in [0.1, 0.15) is 0 Å². The van der Waals surface area contributed by atoms with Crippen molar-refractivity contribution < 1.29 is 18.8 Å². The summed E-state index contributed by atoms with van der Waals surface area (Å²) in [6.07, 6.45) is 3.11. The molecule has 0 radical (unpaired) electrons. The number of rotatable bonds is 2. The first-order valence-corrected chi connectivity index (χ1v) is 10.9. The molecule has 0 unspecified atom stereocenters. The van der Waals surface area contributed by atoms with Crippen LogP contribution in [0.15, 0.2) is 28.0 Å². The van der Waals surface area contributed by atoms with Crippen LogP contribution in [0, 0.1) is 11.8 Å². The van der Waals surface area contributed by atoms with E-state index in [2.05, 4.69) is 22.0 Å². The number of fused-ring (bicyclic) bond motifs is 1. The molecule has 0 spiro atoms. The monoisotopic (exact) mass is 415 g/mol. The summed E-state index contributed by atoms with van der Waals surface area (Å²) in [5, 5.41) is 4.35. The van der Waals surface area contributed by atoms with Crippen LogP contribution >= 0.6 is 0 Å². The van der Waals surface area contributed by atoms with Crippen LogP contribution in [0.2, 0.25) is 0 Å².